The molecular weight excluding hydrogens is 192 g/mol. The molecule has 0 aliphatic rings. The minimum atomic E-state index is -0.145. The molecule has 0 aromatic carbocycles. The smallest absolute Gasteiger partial charge is 0.315 e. The number of nitrogens with one attached hydrogen (secondary N) is 2. The van der Waals surface area contributed by atoms with Crippen LogP contribution in [-0.2, 0) is 13.6 Å². The summed E-state index contributed by atoms with van der Waals surface area (Å²) >= 11 is 0. The second-order valence-corrected chi connectivity index (χ2v) is 3.86. The Morgan fingerprint density at radius 1 is 1.60 bits per heavy atom. The Bertz CT molecular complexity index is 343. The lowest BCUT2D eigenvalue weighted by molar-refractivity contribution is 0.238. The van der Waals surface area contributed by atoms with Crippen LogP contribution in [0.2, 0.25) is 0 Å². The van der Waals surface area contributed by atoms with Crippen LogP contribution >= 0.6 is 0 Å². The Kier molecular flexibility index (Phi) is 3.71. The summed E-state index contributed by atoms with van der Waals surface area (Å²) in [5.41, 5.74) is 2.11. The molecule has 1 rings (SSSR count). The summed E-state index contributed by atoms with van der Waals surface area (Å²) < 4.78 is 1.79. The molecule has 5 nitrogen and oxygen atoms in total. The largest absolute Gasteiger partial charge is 0.336 e. The maximum atomic E-state index is 11.3. The zero-order valence-electron chi connectivity index (χ0n) is 9.66. The highest BCUT2D eigenvalue weighted by Crippen LogP contribution is 2.04. The summed E-state index contributed by atoms with van der Waals surface area (Å²) in [6.45, 7) is 6.34. The Labute approximate surface area is 89.9 Å². The predicted molar refractivity (Wildman–Crippen MR) is 58.5 cm³/mol. The maximum Gasteiger partial charge on any atom is 0.315 e. The van der Waals surface area contributed by atoms with Crippen LogP contribution in [0.5, 0.6) is 0 Å². The van der Waals surface area contributed by atoms with Crippen molar-refractivity contribution in [2.45, 2.75) is 33.4 Å². The Morgan fingerprint density at radius 3 is 2.73 bits per heavy atom. The van der Waals surface area contributed by atoms with Gasteiger partial charge in [-0.2, -0.15) is 5.10 Å². The van der Waals surface area contributed by atoms with E-state index in [1.807, 2.05) is 27.8 Å². The third-order valence-electron chi connectivity index (χ3n) is 2.20. The summed E-state index contributed by atoms with van der Waals surface area (Å²) in [5.74, 6) is 0. The van der Waals surface area contributed by atoms with Gasteiger partial charge in [0.05, 0.1) is 6.20 Å². The van der Waals surface area contributed by atoms with E-state index >= 15 is 0 Å². The standard InChI is InChI=1S/C10H18N4O/c1-7(2)13-10(15)11-5-9-6-12-14(4)8(9)3/h6-7H,5H2,1-4H3,(H2,11,13,15). The summed E-state index contributed by atoms with van der Waals surface area (Å²) in [5, 5.41) is 9.64. The number of carbonyl (C=O) groups excluding carboxylic acids is 1. The van der Waals surface area contributed by atoms with Gasteiger partial charge in [0.1, 0.15) is 0 Å². The molecule has 2 amide bonds. The molecule has 2 N–H and O–H groups in total. The number of rotatable bonds is 3. The van der Waals surface area contributed by atoms with Crippen molar-refractivity contribution in [1.82, 2.24) is 20.4 Å². The molecule has 84 valence electrons. The van der Waals surface area contributed by atoms with E-state index in [9.17, 15) is 4.79 Å². The van der Waals surface area contributed by atoms with Crippen molar-refractivity contribution in [2.75, 3.05) is 0 Å². The zero-order valence-corrected chi connectivity index (χ0v) is 9.66. The lowest BCUT2D eigenvalue weighted by atomic mass is 10.2. The van der Waals surface area contributed by atoms with E-state index in [2.05, 4.69) is 15.7 Å². The first-order valence-electron chi connectivity index (χ1n) is 5.02. The summed E-state index contributed by atoms with van der Waals surface area (Å²) in [7, 11) is 1.88. The minimum Gasteiger partial charge on any atom is -0.336 e. The summed E-state index contributed by atoms with van der Waals surface area (Å²) in [6.07, 6.45) is 1.77. The number of aromatic nitrogens is 2. The second kappa shape index (κ2) is 4.82. The van der Waals surface area contributed by atoms with Crippen LogP contribution in [-0.4, -0.2) is 21.9 Å². The number of urea groups is 1. The molecule has 0 aliphatic carbocycles. The molecule has 15 heavy (non-hydrogen) atoms. The third kappa shape index (κ3) is 3.27. The zero-order chi connectivity index (χ0) is 11.4. The van der Waals surface area contributed by atoms with Crippen LogP contribution in [0.4, 0.5) is 4.79 Å². The van der Waals surface area contributed by atoms with Gasteiger partial charge < -0.3 is 10.6 Å². The van der Waals surface area contributed by atoms with Gasteiger partial charge in [-0.3, -0.25) is 4.68 Å². The van der Waals surface area contributed by atoms with Crippen LogP contribution in [0.1, 0.15) is 25.1 Å². The minimum absolute atomic E-state index is 0.145. The number of amides is 2. The highest BCUT2D eigenvalue weighted by molar-refractivity contribution is 5.74. The van der Waals surface area contributed by atoms with Crippen LogP contribution in [0, 0.1) is 6.92 Å². The topological polar surface area (TPSA) is 59.0 Å². The van der Waals surface area contributed by atoms with Crippen molar-refractivity contribution in [3.63, 3.8) is 0 Å². The molecule has 0 saturated heterocycles. The lowest BCUT2D eigenvalue weighted by Crippen LogP contribution is -2.39. The van der Waals surface area contributed by atoms with E-state index in [4.69, 9.17) is 0 Å². The molecule has 0 radical (unpaired) electrons. The quantitative estimate of drug-likeness (QED) is 0.780. The van der Waals surface area contributed by atoms with Crippen LogP contribution in [0.3, 0.4) is 0 Å². The highest BCUT2D eigenvalue weighted by Gasteiger charge is 2.06. The molecule has 0 atom stereocenters. The van der Waals surface area contributed by atoms with Crippen molar-refractivity contribution in [1.29, 1.82) is 0 Å². The molecule has 0 bridgehead atoms. The van der Waals surface area contributed by atoms with Gasteiger partial charge >= 0.3 is 6.03 Å². The summed E-state index contributed by atoms with van der Waals surface area (Å²) in [4.78, 5) is 11.3. The molecule has 1 heterocycles. The SMILES string of the molecule is Cc1c(CNC(=O)NC(C)C)cnn1C. The fraction of sp³-hybridized carbons (Fsp3) is 0.600. The van der Waals surface area contributed by atoms with Gasteiger partial charge in [0.15, 0.2) is 0 Å². The molecule has 1 aromatic heterocycles. The fourth-order valence-electron chi connectivity index (χ4n) is 1.21. The molecule has 5 heteroatoms. The van der Waals surface area contributed by atoms with Gasteiger partial charge in [-0.05, 0) is 20.8 Å². The first-order chi connectivity index (χ1) is 7.00. The average Bonchev–Trinajstić information content (AvgIpc) is 2.44. The normalized spacial score (nSPS) is 10.5. The van der Waals surface area contributed by atoms with E-state index in [0.717, 1.165) is 11.3 Å². The van der Waals surface area contributed by atoms with Crippen molar-refractivity contribution in [3.8, 4) is 0 Å². The molecule has 0 aliphatic heterocycles. The number of hydrogen-bond acceptors (Lipinski definition) is 2. The number of aryl methyl sites for hydroxylation is 1. The van der Waals surface area contributed by atoms with Gasteiger partial charge in [0.25, 0.3) is 0 Å². The van der Waals surface area contributed by atoms with Crippen molar-refractivity contribution in [2.24, 2.45) is 7.05 Å². The molecule has 0 unspecified atom stereocenters. The van der Waals surface area contributed by atoms with E-state index in [1.165, 1.54) is 0 Å². The number of hydrogen-bond donors (Lipinski definition) is 2. The molecular formula is C10H18N4O. The van der Waals surface area contributed by atoms with Gasteiger partial charge in [0, 0.05) is 30.9 Å². The Balaban J connectivity index is 2.44. The van der Waals surface area contributed by atoms with Crippen LogP contribution < -0.4 is 10.6 Å². The van der Waals surface area contributed by atoms with Gasteiger partial charge in [0.2, 0.25) is 0 Å². The lowest BCUT2D eigenvalue weighted by Gasteiger charge is -2.09. The number of carbonyl (C=O) groups is 1. The molecule has 0 saturated carbocycles. The number of nitrogens with zero attached hydrogens (tertiary/aromatic N) is 2. The van der Waals surface area contributed by atoms with Crippen LogP contribution in [0.25, 0.3) is 0 Å². The van der Waals surface area contributed by atoms with Gasteiger partial charge in [-0.15, -0.1) is 0 Å². The fourth-order valence-corrected chi connectivity index (χ4v) is 1.21. The van der Waals surface area contributed by atoms with E-state index in [-0.39, 0.29) is 12.1 Å². The summed E-state index contributed by atoms with van der Waals surface area (Å²) in [6, 6.07) is 0.00764. The molecule has 1 aromatic rings. The second-order valence-electron chi connectivity index (χ2n) is 3.86. The Morgan fingerprint density at radius 2 is 2.27 bits per heavy atom. The monoisotopic (exact) mass is 210 g/mol. The van der Waals surface area contributed by atoms with Gasteiger partial charge in [-0.1, -0.05) is 0 Å². The Hall–Kier alpha value is -1.52. The van der Waals surface area contributed by atoms with Crippen molar-refractivity contribution >= 4 is 6.03 Å². The highest BCUT2D eigenvalue weighted by atomic mass is 16.2. The van der Waals surface area contributed by atoms with E-state index in [0.29, 0.717) is 6.54 Å². The third-order valence-corrected chi connectivity index (χ3v) is 2.20. The van der Waals surface area contributed by atoms with Crippen molar-refractivity contribution in [3.05, 3.63) is 17.5 Å². The molecule has 0 fully saturated rings. The van der Waals surface area contributed by atoms with Gasteiger partial charge in [-0.25, -0.2) is 4.79 Å². The first kappa shape index (κ1) is 11.6. The first-order valence-corrected chi connectivity index (χ1v) is 5.02. The molecule has 0 spiro atoms. The van der Waals surface area contributed by atoms with Crippen LogP contribution in [0.15, 0.2) is 6.20 Å². The van der Waals surface area contributed by atoms with Crippen molar-refractivity contribution < 1.29 is 4.79 Å². The predicted octanol–water partition coefficient (Wildman–Crippen LogP) is 0.936. The average molecular weight is 210 g/mol. The van der Waals surface area contributed by atoms with E-state index in [1.54, 1.807) is 10.9 Å². The maximum absolute atomic E-state index is 11.3. The van der Waals surface area contributed by atoms with E-state index < -0.39 is 0 Å².